The fourth-order valence-corrected chi connectivity index (χ4v) is 4.48. The molecule has 0 fully saturated rings. The summed E-state index contributed by atoms with van der Waals surface area (Å²) < 4.78 is 28.5. The Morgan fingerprint density at radius 2 is 2.00 bits per heavy atom. The largest absolute Gasteiger partial charge is 0.394 e. The van der Waals surface area contributed by atoms with Crippen molar-refractivity contribution in [3.05, 3.63) is 53.0 Å². The fourth-order valence-electron chi connectivity index (χ4n) is 2.83. The van der Waals surface area contributed by atoms with Gasteiger partial charge in [0.15, 0.2) is 0 Å². The number of allylic oxidation sites excluding steroid dienone is 1. The Balaban J connectivity index is 2.22. The molecule has 1 aliphatic rings. The SMILES string of the molecule is CCn1cc(C=C2C(=O)c3ccccc3S(=O)(=O)N2CCO)c(C)n1. The monoisotopic (exact) mass is 361 g/mol. The molecule has 1 N–H and O–H groups in total. The van der Waals surface area contributed by atoms with Gasteiger partial charge in [-0.15, -0.1) is 0 Å². The quantitative estimate of drug-likeness (QED) is 0.832. The van der Waals surface area contributed by atoms with E-state index < -0.39 is 10.0 Å². The number of ketones is 1. The Morgan fingerprint density at radius 3 is 2.64 bits per heavy atom. The van der Waals surface area contributed by atoms with Crippen LogP contribution < -0.4 is 0 Å². The van der Waals surface area contributed by atoms with Crippen LogP contribution in [0.15, 0.2) is 41.1 Å². The first kappa shape index (κ1) is 17.4. The molecule has 0 unspecified atom stereocenters. The molecule has 1 aromatic heterocycles. The van der Waals surface area contributed by atoms with E-state index in [0.717, 1.165) is 4.31 Å². The third kappa shape index (κ3) is 2.87. The van der Waals surface area contributed by atoms with Crippen molar-refractivity contribution in [3.8, 4) is 0 Å². The second-order valence-electron chi connectivity index (χ2n) is 5.68. The van der Waals surface area contributed by atoms with Crippen molar-refractivity contribution in [2.45, 2.75) is 25.3 Å². The molecule has 0 bridgehead atoms. The number of rotatable bonds is 4. The molecule has 0 atom stereocenters. The van der Waals surface area contributed by atoms with Crippen LogP contribution in [0.4, 0.5) is 0 Å². The van der Waals surface area contributed by atoms with Gasteiger partial charge in [0, 0.05) is 23.9 Å². The average molecular weight is 361 g/mol. The Morgan fingerprint density at radius 1 is 1.28 bits per heavy atom. The van der Waals surface area contributed by atoms with Gasteiger partial charge in [0.2, 0.25) is 5.78 Å². The molecule has 3 rings (SSSR count). The number of β-amino-alcohol motifs (C(OH)–C–C–N with tert-alkyl or cyclic N) is 1. The highest BCUT2D eigenvalue weighted by atomic mass is 32.2. The maximum atomic E-state index is 12.9. The maximum Gasteiger partial charge on any atom is 0.265 e. The third-order valence-corrected chi connectivity index (χ3v) is 5.98. The summed E-state index contributed by atoms with van der Waals surface area (Å²) in [5, 5.41) is 13.6. The third-order valence-electron chi connectivity index (χ3n) is 4.10. The van der Waals surface area contributed by atoms with Crippen molar-refractivity contribution in [2.24, 2.45) is 0 Å². The van der Waals surface area contributed by atoms with E-state index in [1.165, 1.54) is 18.2 Å². The van der Waals surface area contributed by atoms with Crippen molar-refractivity contribution >= 4 is 21.9 Å². The number of aliphatic hydroxyl groups is 1. The van der Waals surface area contributed by atoms with E-state index in [0.29, 0.717) is 17.8 Å². The zero-order valence-electron chi connectivity index (χ0n) is 14.0. The molecule has 25 heavy (non-hydrogen) atoms. The van der Waals surface area contributed by atoms with Crippen LogP contribution in [0.1, 0.15) is 28.5 Å². The van der Waals surface area contributed by atoms with E-state index in [1.807, 2.05) is 6.92 Å². The molecular weight excluding hydrogens is 342 g/mol. The predicted molar refractivity (Wildman–Crippen MR) is 92.4 cm³/mol. The number of aromatic nitrogens is 2. The van der Waals surface area contributed by atoms with Gasteiger partial charge < -0.3 is 5.11 Å². The van der Waals surface area contributed by atoms with Crippen LogP contribution in [0.5, 0.6) is 0 Å². The number of Topliss-reactive ketones (excluding diaryl/α,β-unsaturated/α-hetero) is 1. The van der Waals surface area contributed by atoms with Gasteiger partial charge in [0.25, 0.3) is 10.0 Å². The van der Waals surface area contributed by atoms with Crippen LogP contribution in [0, 0.1) is 6.92 Å². The van der Waals surface area contributed by atoms with Gasteiger partial charge in [-0.2, -0.15) is 5.10 Å². The Bertz CT molecular complexity index is 960. The van der Waals surface area contributed by atoms with E-state index in [-0.39, 0.29) is 35.1 Å². The predicted octanol–water partition coefficient (Wildman–Crippen LogP) is 1.43. The average Bonchev–Trinajstić information content (AvgIpc) is 2.96. The summed E-state index contributed by atoms with van der Waals surface area (Å²) >= 11 is 0. The number of carbonyl (C=O) groups is 1. The molecule has 0 saturated heterocycles. The van der Waals surface area contributed by atoms with Gasteiger partial charge in [-0.1, -0.05) is 12.1 Å². The zero-order chi connectivity index (χ0) is 18.2. The Labute approximate surface area is 146 Å². The molecule has 7 nitrogen and oxygen atoms in total. The number of hydrogen-bond acceptors (Lipinski definition) is 5. The number of aryl methyl sites for hydroxylation is 2. The highest BCUT2D eigenvalue weighted by Crippen LogP contribution is 2.33. The van der Waals surface area contributed by atoms with Gasteiger partial charge >= 0.3 is 0 Å². The standard InChI is InChI=1S/C17H19N3O4S/c1-3-19-11-13(12(2)18-19)10-15-17(22)14-6-4-5-7-16(14)25(23,24)20(15)8-9-21/h4-7,10-11,21H,3,8-9H2,1-2H3. The Hall–Kier alpha value is -2.45. The maximum absolute atomic E-state index is 12.9. The molecule has 0 amide bonds. The van der Waals surface area contributed by atoms with Crippen LogP contribution in [-0.2, 0) is 16.6 Å². The molecule has 132 valence electrons. The van der Waals surface area contributed by atoms with Crippen molar-refractivity contribution in [3.63, 3.8) is 0 Å². The second-order valence-corrected chi connectivity index (χ2v) is 7.51. The van der Waals surface area contributed by atoms with Crippen LogP contribution in [-0.4, -0.2) is 46.5 Å². The number of fused-ring (bicyclic) bond motifs is 1. The van der Waals surface area contributed by atoms with Gasteiger partial charge in [-0.3, -0.25) is 13.8 Å². The molecular formula is C17H19N3O4S. The van der Waals surface area contributed by atoms with Gasteiger partial charge in [0.1, 0.15) is 5.70 Å². The lowest BCUT2D eigenvalue weighted by atomic mass is 10.1. The summed E-state index contributed by atoms with van der Waals surface area (Å²) in [6, 6.07) is 6.11. The molecule has 2 aromatic rings. The second kappa shape index (κ2) is 6.45. The minimum atomic E-state index is -3.90. The summed E-state index contributed by atoms with van der Waals surface area (Å²) in [6.45, 7) is 3.83. The molecule has 2 heterocycles. The highest BCUT2D eigenvalue weighted by Gasteiger charge is 2.38. The van der Waals surface area contributed by atoms with E-state index in [2.05, 4.69) is 5.10 Å². The summed E-state index contributed by atoms with van der Waals surface area (Å²) in [6.07, 6.45) is 3.29. The number of sulfonamides is 1. The molecule has 0 spiro atoms. The molecule has 1 aromatic carbocycles. The fraction of sp³-hybridized carbons (Fsp3) is 0.294. The molecule has 8 heteroatoms. The Kier molecular flexibility index (Phi) is 4.49. The zero-order valence-corrected chi connectivity index (χ0v) is 14.8. The van der Waals surface area contributed by atoms with Crippen molar-refractivity contribution < 1.29 is 18.3 Å². The topological polar surface area (TPSA) is 92.5 Å². The lowest BCUT2D eigenvalue weighted by molar-refractivity contribution is 0.0998. The molecule has 0 radical (unpaired) electrons. The first-order valence-corrected chi connectivity index (χ1v) is 9.37. The van der Waals surface area contributed by atoms with Crippen molar-refractivity contribution in [1.29, 1.82) is 0 Å². The molecule has 0 aliphatic carbocycles. The van der Waals surface area contributed by atoms with E-state index >= 15 is 0 Å². The van der Waals surface area contributed by atoms with Crippen LogP contribution in [0.25, 0.3) is 6.08 Å². The molecule has 0 saturated carbocycles. The number of aliphatic hydroxyl groups excluding tert-OH is 1. The minimum absolute atomic E-state index is 0.0199. The minimum Gasteiger partial charge on any atom is -0.394 e. The lowest BCUT2D eigenvalue weighted by Gasteiger charge is -2.30. The number of benzene rings is 1. The summed E-state index contributed by atoms with van der Waals surface area (Å²) in [4.78, 5) is 12.9. The smallest absolute Gasteiger partial charge is 0.265 e. The van der Waals surface area contributed by atoms with Gasteiger partial charge in [-0.05, 0) is 32.1 Å². The van der Waals surface area contributed by atoms with Crippen molar-refractivity contribution in [1.82, 2.24) is 14.1 Å². The number of hydrogen-bond donors (Lipinski definition) is 1. The van der Waals surface area contributed by atoms with Gasteiger partial charge in [0.05, 0.1) is 23.7 Å². The number of nitrogens with zero attached hydrogens (tertiary/aromatic N) is 3. The first-order valence-electron chi connectivity index (χ1n) is 7.93. The van der Waals surface area contributed by atoms with Crippen LogP contribution in [0.3, 0.4) is 0 Å². The number of carbonyl (C=O) groups excluding carboxylic acids is 1. The highest BCUT2D eigenvalue weighted by molar-refractivity contribution is 7.89. The first-order chi connectivity index (χ1) is 11.9. The van der Waals surface area contributed by atoms with E-state index in [9.17, 15) is 18.3 Å². The summed E-state index contributed by atoms with van der Waals surface area (Å²) in [5.41, 5.74) is 1.53. The summed E-state index contributed by atoms with van der Waals surface area (Å²) in [7, 11) is -3.90. The van der Waals surface area contributed by atoms with Crippen molar-refractivity contribution in [2.75, 3.05) is 13.2 Å². The van der Waals surface area contributed by atoms with Crippen LogP contribution in [0.2, 0.25) is 0 Å². The van der Waals surface area contributed by atoms with E-state index in [1.54, 1.807) is 29.9 Å². The summed E-state index contributed by atoms with van der Waals surface area (Å²) in [5.74, 6) is -0.387. The van der Waals surface area contributed by atoms with E-state index in [4.69, 9.17) is 0 Å². The van der Waals surface area contributed by atoms with Crippen LogP contribution >= 0.6 is 0 Å². The van der Waals surface area contributed by atoms with Gasteiger partial charge in [-0.25, -0.2) is 8.42 Å². The molecule has 1 aliphatic heterocycles. The lowest BCUT2D eigenvalue weighted by Crippen LogP contribution is -2.40. The normalized spacial score (nSPS) is 17.8.